The standard InChI is InChI=1S/C14H13ClN4S/c1-8-13(19-9(2)20-8)6-16-14-11-4-3-10(15)5-12(11)17-7-18-14/h3-5,7H,6H2,1-2H3,(H,16,17,18). The van der Waals surface area contributed by atoms with Crippen molar-refractivity contribution in [2.24, 2.45) is 0 Å². The van der Waals surface area contributed by atoms with Gasteiger partial charge in [-0.2, -0.15) is 0 Å². The van der Waals surface area contributed by atoms with Gasteiger partial charge in [-0.25, -0.2) is 15.0 Å². The van der Waals surface area contributed by atoms with E-state index in [9.17, 15) is 0 Å². The Morgan fingerprint density at radius 2 is 2.10 bits per heavy atom. The van der Waals surface area contributed by atoms with Crippen LogP contribution in [0.25, 0.3) is 10.9 Å². The van der Waals surface area contributed by atoms with Gasteiger partial charge < -0.3 is 5.32 Å². The maximum Gasteiger partial charge on any atom is 0.137 e. The summed E-state index contributed by atoms with van der Waals surface area (Å²) in [7, 11) is 0. The van der Waals surface area contributed by atoms with Crippen molar-refractivity contribution in [1.82, 2.24) is 15.0 Å². The van der Waals surface area contributed by atoms with Crippen LogP contribution in [0.15, 0.2) is 24.5 Å². The van der Waals surface area contributed by atoms with Crippen molar-refractivity contribution in [3.63, 3.8) is 0 Å². The quantitative estimate of drug-likeness (QED) is 0.795. The molecule has 2 aromatic heterocycles. The van der Waals surface area contributed by atoms with Gasteiger partial charge in [0.15, 0.2) is 0 Å². The lowest BCUT2D eigenvalue weighted by Gasteiger charge is -2.07. The number of fused-ring (bicyclic) bond motifs is 1. The van der Waals surface area contributed by atoms with Crippen LogP contribution < -0.4 is 5.32 Å². The molecule has 0 saturated heterocycles. The van der Waals surface area contributed by atoms with E-state index in [0.29, 0.717) is 11.6 Å². The van der Waals surface area contributed by atoms with E-state index in [0.717, 1.165) is 27.4 Å². The third-order valence-electron chi connectivity index (χ3n) is 3.02. The normalized spacial score (nSPS) is 10.9. The molecule has 0 aliphatic rings. The van der Waals surface area contributed by atoms with Gasteiger partial charge in [0.25, 0.3) is 0 Å². The van der Waals surface area contributed by atoms with E-state index >= 15 is 0 Å². The van der Waals surface area contributed by atoms with E-state index in [1.807, 2.05) is 25.1 Å². The molecule has 0 unspecified atom stereocenters. The number of hydrogen-bond donors (Lipinski definition) is 1. The summed E-state index contributed by atoms with van der Waals surface area (Å²) >= 11 is 7.69. The predicted molar refractivity (Wildman–Crippen MR) is 83.5 cm³/mol. The molecule has 0 radical (unpaired) electrons. The lowest BCUT2D eigenvalue weighted by Crippen LogP contribution is -2.04. The first-order valence-electron chi connectivity index (χ1n) is 6.20. The van der Waals surface area contributed by atoms with Crippen molar-refractivity contribution >= 4 is 39.7 Å². The number of nitrogens with zero attached hydrogens (tertiary/aromatic N) is 3. The van der Waals surface area contributed by atoms with Gasteiger partial charge in [-0.1, -0.05) is 11.6 Å². The third kappa shape index (κ3) is 2.59. The van der Waals surface area contributed by atoms with Crippen molar-refractivity contribution in [2.45, 2.75) is 20.4 Å². The number of halogens is 1. The molecule has 0 spiro atoms. The summed E-state index contributed by atoms with van der Waals surface area (Å²) in [5.41, 5.74) is 1.90. The van der Waals surface area contributed by atoms with E-state index in [1.54, 1.807) is 17.7 Å². The monoisotopic (exact) mass is 304 g/mol. The number of anilines is 1. The Morgan fingerprint density at radius 3 is 2.85 bits per heavy atom. The van der Waals surface area contributed by atoms with Crippen molar-refractivity contribution in [3.8, 4) is 0 Å². The molecule has 0 atom stereocenters. The van der Waals surface area contributed by atoms with E-state index in [1.165, 1.54) is 4.88 Å². The Morgan fingerprint density at radius 1 is 1.25 bits per heavy atom. The smallest absolute Gasteiger partial charge is 0.137 e. The molecule has 0 aliphatic heterocycles. The van der Waals surface area contributed by atoms with Crippen LogP contribution in [0.5, 0.6) is 0 Å². The first-order valence-corrected chi connectivity index (χ1v) is 7.40. The van der Waals surface area contributed by atoms with E-state index in [2.05, 4.69) is 27.2 Å². The summed E-state index contributed by atoms with van der Waals surface area (Å²) in [5.74, 6) is 0.803. The Labute approximate surface area is 125 Å². The highest BCUT2D eigenvalue weighted by molar-refractivity contribution is 7.11. The van der Waals surface area contributed by atoms with E-state index in [4.69, 9.17) is 11.6 Å². The van der Waals surface area contributed by atoms with Gasteiger partial charge >= 0.3 is 0 Å². The SMILES string of the molecule is Cc1nc(CNc2ncnc3cc(Cl)ccc23)c(C)s1. The molecular weight excluding hydrogens is 292 g/mol. The molecule has 20 heavy (non-hydrogen) atoms. The fraction of sp³-hybridized carbons (Fsp3) is 0.214. The molecule has 0 amide bonds. The second kappa shape index (κ2) is 5.34. The molecule has 2 heterocycles. The molecule has 102 valence electrons. The zero-order chi connectivity index (χ0) is 14.1. The van der Waals surface area contributed by atoms with Gasteiger partial charge in [0, 0.05) is 15.3 Å². The number of benzene rings is 1. The minimum absolute atomic E-state index is 0.658. The van der Waals surface area contributed by atoms with Crippen molar-refractivity contribution in [3.05, 3.63) is 45.1 Å². The highest BCUT2D eigenvalue weighted by Crippen LogP contribution is 2.23. The Kier molecular flexibility index (Phi) is 3.54. The largest absolute Gasteiger partial charge is 0.364 e. The second-order valence-electron chi connectivity index (χ2n) is 4.47. The van der Waals surface area contributed by atoms with Gasteiger partial charge in [-0.15, -0.1) is 11.3 Å². The Bertz CT molecular complexity index is 769. The summed E-state index contributed by atoms with van der Waals surface area (Å²) in [4.78, 5) is 14.3. The van der Waals surface area contributed by atoms with Crippen LogP contribution in [-0.4, -0.2) is 15.0 Å². The third-order valence-corrected chi connectivity index (χ3v) is 4.19. The Balaban J connectivity index is 1.89. The minimum atomic E-state index is 0.658. The zero-order valence-electron chi connectivity index (χ0n) is 11.1. The number of rotatable bonds is 3. The Hall–Kier alpha value is -1.72. The average Bonchev–Trinajstić information content (AvgIpc) is 2.74. The maximum atomic E-state index is 5.98. The van der Waals surface area contributed by atoms with Crippen molar-refractivity contribution in [2.75, 3.05) is 5.32 Å². The predicted octanol–water partition coefficient (Wildman–Crippen LogP) is 3.97. The van der Waals surface area contributed by atoms with Gasteiger partial charge in [0.1, 0.15) is 12.1 Å². The average molecular weight is 305 g/mol. The number of aromatic nitrogens is 3. The van der Waals surface area contributed by atoms with Crippen LogP contribution in [0.2, 0.25) is 5.02 Å². The molecule has 3 aromatic rings. The molecule has 1 aromatic carbocycles. The van der Waals surface area contributed by atoms with Crippen molar-refractivity contribution in [1.29, 1.82) is 0 Å². The maximum absolute atomic E-state index is 5.98. The van der Waals surface area contributed by atoms with Crippen LogP contribution in [0, 0.1) is 13.8 Å². The van der Waals surface area contributed by atoms with Gasteiger partial charge in [-0.3, -0.25) is 0 Å². The first kappa shape index (κ1) is 13.3. The molecular formula is C14H13ClN4S. The number of nitrogens with one attached hydrogen (secondary N) is 1. The van der Waals surface area contributed by atoms with Crippen LogP contribution >= 0.6 is 22.9 Å². The summed E-state index contributed by atoms with van der Waals surface area (Å²) in [6, 6.07) is 5.61. The molecule has 4 nitrogen and oxygen atoms in total. The summed E-state index contributed by atoms with van der Waals surface area (Å²) in [5, 5.41) is 6.04. The number of aryl methyl sites for hydroxylation is 2. The molecule has 3 rings (SSSR count). The van der Waals surface area contributed by atoms with Crippen molar-refractivity contribution < 1.29 is 0 Å². The lowest BCUT2D eigenvalue weighted by atomic mass is 10.2. The summed E-state index contributed by atoms with van der Waals surface area (Å²) in [6.07, 6.45) is 1.54. The second-order valence-corrected chi connectivity index (χ2v) is 6.32. The van der Waals surface area contributed by atoms with Crippen LogP contribution in [0.3, 0.4) is 0 Å². The summed E-state index contributed by atoms with van der Waals surface area (Å²) in [6.45, 7) is 4.76. The van der Waals surface area contributed by atoms with Crippen LogP contribution in [-0.2, 0) is 6.54 Å². The number of hydrogen-bond acceptors (Lipinski definition) is 5. The lowest BCUT2D eigenvalue weighted by molar-refractivity contribution is 1.02. The number of thiazole rings is 1. The molecule has 1 N–H and O–H groups in total. The minimum Gasteiger partial charge on any atom is -0.364 e. The fourth-order valence-corrected chi connectivity index (χ4v) is 3.08. The van der Waals surface area contributed by atoms with Gasteiger partial charge in [0.2, 0.25) is 0 Å². The molecule has 0 aliphatic carbocycles. The molecule has 0 saturated carbocycles. The first-order chi connectivity index (χ1) is 9.63. The molecule has 0 fully saturated rings. The molecule has 0 bridgehead atoms. The molecule has 6 heteroatoms. The van der Waals surface area contributed by atoms with Crippen LogP contribution in [0.1, 0.15) is 15.6 Å². The van der Waals surface area contributed by atoms with Gasteiger partial charge in [0.05, 0.1) is 22.8 Å². The highest BCUT2D eigenvalue weighted by atomic mass is 35.5. The zero-order valence-corrected chi connectivity index (χ0v) is 12.7. The van der Waals surface area contributed by atoms with Crippen LogP contribution in [0.4, 0.5) is 5.82 Å². The highest BCUT2D eigenvalue weighted by Gasteiger charge is 2.07. The van der Waals surface area contributed by atoms with E-state index < -0.39 is 0 Å². The van der Waals surface area contributed by atoms with E-state index in [-0.39, 0.29) is 0 Å². The summed E-state index contributed by atoms with van der Waals surface area (Å²) < 4.78 is 0. The fourth-order valence-electron chi connectivity index (χ4n) is 2.07. The van der Waals surface area contributed by atoms with Gasteiger partial charge in [-0.05, 0) is 32.0 Å². The topological polar surface area (TPSA) is 50.7 Å².